The molecule has 0 aromatic heterocycles. The molecule has 0 spiro atoms. The summed E-state index contributed by atoms with van der Waals surface area (Å²) in [5.41, 5.74) is 0.0138. The SMILES string of the molecule is COC(=O)c1cccc(C(=O)O[N+](=O)[O-])c1. The molecule has 1 rings (SSSR count). The molecular weight excluding hydrogens is 218 g/mol. The van der Waals surface area contributed by atoms with Crippen molar-refractivity contribution >= 4 is 11.9 Å². The lowest BCUT2D eigenvalue weighted by atomic mass is 10.1. The molecular formula is C9H7NO6. The molecule has 0 fully saturated rings. The van der Waals surface area contributed by atoms with Crippen molar-refractivity contribution in [2.45, 2.75) is 0 Å². The number of carbonyl (C=O) groups excluding carboxylic acids is 2. The minimum absolute atomic E-state index is 0.0976. The molecule has 1 aromatic rings. The maximum Gasteiger partial charge on any atom is 0.337 e. The van der Waals surface area contributed by atoms with Gasteiger partial charge in [-0.1, -0.05) is 6.07 Å². The Bertz CT molecular complexity index is 441. The predicted molar refractivity (Wildman–Crippen MR) is 50.2 cm³/mol. The number of nitrogens with zero attached hydrogens (tertiary/aromatic N) is 1. The van der Waals surface area contributed by atoms with Crippen LogP contribution >= 0.6 is 0 Å². The number of methoxy groups -OCH3 is 1. The molecule has 0 heterocycles. The van der Waals surface area contributed by atoms with Crippen molar-refractivity contribution in [1.82, 2.24) is 0 Å². The molecule has 0 aliphatic carbocycles. The highest BCUT2D eigenvalue weighted by atomic mass is 17.0. The van der Waals surface area contributed by atoms with Crippen molar-refractivity contribution in [3.8, 4) is 0 Å². The van der Waals surface area contributed by atoms with Gasteiger partial charge in [-0.15, -0.1) is 10.1 Å². The van der Waals surface area contributed by atoms with Crippen LogP contribution in [0.25, 0.3) is 0 Å². The quantitative estimate of drug-likeness (QED) is 0.429. The maximum atomic E-state index is 11.1. The number of ether oxygens (including phenoxy) is 1. The van der Waals surface area contributed by atoms with E-state index in [1.165, 1.54) is 25.3 Å². The van der Waals surface area contributed by atoms with Crippen molar-refractivity contribution < 1.29 is 24.3 Å². The van der Waals surface area contributed by atoms with Crippen LogP contribution in [0, 0.1) is 10.1 Å². The number of esters is 1. The summed E-state index contributed by atoms with van der Waals surface area (Å²) in [6.07, 6.45) is 0. The Kier molecular flexibility index (Phi) is 3.54. The van der Waals surface area contributed by atoms with Crippen LogP contribution in [0.1, 0.15) is 20.7 Å². The third kappa shape index (κ3) is 2.77. The molecule has 0 saturated heterocycles. The number of hydrogen-bond donors (Lipinski definition) is 0. The molecule has 0 unspecified atom stereocenters. The van der Waals surface area contributed by atoms with E-state index < -0.39 is 17.0 Å². The van der Waals surface area contributed by atoms with Gasteiger partial charge >= 0.3 is 17.0 Å². The van der Waals surface area contributed by atoms with Gasteiger partial charge in [0.15, 0.2) is 0 Å². The minimum atomic E-state index is -1.22. The standard InChI is InChI=1S/C9H7NO6/c1-15-8(11)6-3-2-4-7(5-6)9(12)16-10(13)14/h2-5H,1H3. The van der Waals surface area contributed by atoms with Gasteiger partial charge in [0.1, 0.15) is 0 Å². The van der Waals surface area contributed by atoms with Gasteiger partial charge in [-0.05, 0) is 18.2 Å². The van der Waals surface area contributed by atoms with Gasteiger partial charge in [-0.3, -0.25) is 4.79 Å². The molecule has 0 N–H and O–H groups in total. The molecule has 16 heavy (non-hydrogen) atoms. The smallest absolute Gasteiger partial charge is 0.337 e. The first-order valence-electron chi connectivity index (χ1n) is 4.09. The lowest BCUT2D eigenvalue weighted by Crippen LogP contribution is -2.11. The fourth-order valence-corrected chi connectivity index (χ4v) is 1.01. The van der Waals surface area contributed by atoms with E-state index >= 15 is 0 Å². The predicted octanol–water partition coefficient (Wildman–Crippen LogP) is 0.822. The van der Waals surface area contributed by atoms with E-state index in [1.807, 2.05) is 0 Å². The third-order valence-electron chi connectivity index (χ3n) is 1.68. The Hall–Kier alpha value is -2.44. The van der Waals surface area contributed by atoms with Crippen molar-refractivity contribution in [3.05, 3.63) is 45.5 Å². The molecule has 0 bridgehead atoms. The third-order valence-corrected chi connectivity index (χ3v) is 1.68. The highest BCUT2D eigenvalue weighted by Crippen LogP contribution is 2.08. The van der Waals surface area contributed by atoms with E-state index in [0.717, 1.165) is 6.07 Å². The number of rotatable bonds is 3. The van der Waals surface area contributed by atoms with Crippen molar-refractivity contribution in [1.29, 1.82) is 0 Å². The van der Waals surface area contributed by atoms with Gasteiger partial charge in [0.2, 0.25) is 0 Å². The summed E-state index contributed by atoms with van der Waals surface area (Å²) in [4.78, 5) is 35.9. The van der Waals surface area contributed by atoms with E-state index in [-0.39, 0.29) is 11.1 Å². The molecule has 7 nitrogen and oxygen atoms in total. The number of hydrogen-bond acceptors (Lipinski definition) is 6. The van der Waals surface area contributed by atoms with Gasteiger partial charge in [-0.25, -0.2) is 9.63 Å². The van der Waals surface area contributed by atoms with Crippen LogP contribution in [-0.2, 0) is 9.57 Å². The van der Waals surface area contributed by atoms with Crippen LogP contribution in [-0.4, -0.2) is 24.1 Å². The first-order valence-corrected chi connectivity index (χ1v) is 4.09. The first kappa shape index (κ1) is 11.6. The zero-order valence-corrected chi connectivity index (χ0v) is 8.21. The van der Waals surface area contributed by atoms with Crippen LogP contribution in [0.2, 0.25) is 0 Å². The molecule has 0 saturated carbocycles. The monoisotopic (exact) mass is 225 g/mol. The molecule has 7 heteroatoms. The highest BCUT2D eigenvalue weighted by Gasteiger charge is 2.13. The molecule has 0 aliphatic rings. The summed E-state index contributed by atoms with van der Waals surface area (Å²) >= 11 is 0. The Morgan fingerprint density at radius 2 is 1.81 bits per heavy atom. The average Bonchev–Trinajstić information content (AvgIpc) is 2.27. The van der Waals surface area contributed by atoms with E-state index in [0.29, 0.717) is 0 Å². The molecule has 1 aromatic carbocycles. The van der Waals surface area contributed by atoms with Crippen molar-refractivity contribution in [2.24, 2.45) is 0 Å². The maximum absolute atomic E-state index is 11.1. The summed E-state index contributed by atoms with van der Waals surface area (Å²) in [5, 5.41) is 8.71. The summed E-state index contributed by atoms with van der Waals surface area (Å²) in [5.74, 6) is -1.79. The van der Waals surface area contributed by atoms with Crippen LogP contribution < -0.4 is 0 Å². The molecule has 0 amide bonds. The second-order valence-corrected chi connectivity index (χ2v) is 2.67. The molecule has 0 atom stereocenters. The zero-order valence-electron chi connectivity index (χ0n) is 8.21. The Morgan fingerprint density at radius 1 is 1.25 bits per heavy atom. The van der Waals surface area contributed by atoms with Gasteiger partial charge in [-0.2, -0.15) is 0 Å². The second kappa shape index (κ2) is 4.87. The van der Waals surface area contributed by atoms with Crippen LogP contribution in [0.5, 0.6) is 0 Å². The average molecular weight is 225 g/mol. The fourth-order valence-electron chi connectivity index (χ4n) is 1.01. The van der Waals surface area contributed by atoms with Crippen LogP contribution in [0.15, 0.2) is 24.3 Å². The van der Waals surface area contributed by atoms with Crippen LogP contribution in [0.3, 0.4) is 0 Å². The van der Waals surface area contributed by atoms with Gasteiger partial charge in [0.25, 0.3) is 0 Å². The van der Waals surface area contributed by atoms with Crippen molar-refractivity contribution in [3.63, 3.8) is 0 Å². The van der Waals surface area contributed by atoms with Gasteiger partial charge in [0, 0.05) is 5.56 Å². The normalized spacial score (nSPS) is 9.31. The summed E-state index contributed by atoms with van der Waals surface area (Å²) < 4.78 is 4.43. The van der Waals surface area contributed by atoms with E-state index in [1.54, 1.807) is 0 Å². The molecule has 84 valence electrons. The van der Waals surface area contributed by atoms with Gasteiger partial charge < -0.3 is 4.74 Å². The highest BCUT2D eigenvalue weighted by molar-refractivity contribution is 5.94. The van der Waals surface area contributed by atoms with E-state index in [4.69, 9.17) is 0 Å². The summed E-state index contributed by atoms with van der Waals surface area (Å²) in [6, 6.07) is 5.24. The largest absolute Gasteiger partial charge is 0.465 e. The fraction of sp³-hybridized carbons (Fsp3) is 0.111. The Morgan fingerprint density at radius 3 is 2.31 bits per heavy atom. The zero-order chi connectivity index (χ0) is 12.1. The first-order chi connectivity index (χ1) is 7.54. The minimum Gasteiger partial charge on any atom is -0.465 e. The van der Waals surface area contributed by atoms with E-state index in [9.17, 15) is 19.7 Å². The number of benzene rings is 1. The molecule has 0 aliphatic heterocycles. The Balaban J connectivity index is 2.94. The van der Waals surface area contributed by atoms with Gasteiger partial charge in [0.05, 0.1) is 12.7 Å². The summed E-state index contributed by atoms with van der Waals surface area (Å²) in [6.45, 7) is 0. The second-order valence-electron chi connectivity index (χ2n) is 2.67. The van der Waals surface area contributed by atoms with E-state index in [2.05, 4.69) is 9.57 Å². The summed E-state index contributed by atoms with van der Waals surface area (Å²) in [7, 11) is 1.18. The molecule has 0 radical (unpaired) electrons. The lowest BCUT2D eigenvalue weighted by molar-refractivity contribution is -0.727. The van der Waals surface area contributed by atoms with Crippen molar-refractivity contribution in [2.75, 3.05) is 7.11 Å². The Labute approximate surface area is 89.7 Å². The van der Waals surface area contributed by atoms with Crippen LogP contribution in [0.4, 0.5) is 0 Å². The lowest BCUT2D eigenvalue weighted by Gasteiger charge is -2.01. The topological polar surface area (TPSA) is 95.7 Å². The number of carbonyl (C=O) groups is 2.